The molecule has 2 N–H and O–H groups in total. The number of methoxy groups -OCH3 is 1. The molecule has 0 aromatic carbocycles. The van der Waals surface area contributed by atoms with Crippen LogP contribution in [-0.4, -0.2) is 61.8 Å². The van der Waals surface area contributed by atoms with Gasteiger partial charge >= 0.3 is 0 Å². The summed E-state index contributed by atoms with van der Waals surface area (Å²) >= 11 is 0. The van der Waals surface area contributed by atoms with Gasteiger partial charge in [0.2, 0.25) is 11.8 Å². The smallest absolute Gasteiger partial charge is 0.239 e. The first kappa shape index (κ1) is 13.9. The SMILES string of the molecule is COCC(O)CNC(=O)CN(C)C(C)=O. The number of likely N-dealkylation sites (N-methyl/N-ethyl adjacent to an activating group) is 1. The third kappa shape index (κ3) is 6.87. The molecule has 0 fully saturated rings. The normalized spacial score (nSPS) is 12.0. The van der Waals surface area contributed by atoms with Crippen LogP contribution in [-0.2, 0) is 14.3 Å². The van der Waals surface area contributed by atoms with Crippen LogP contribution in [0.3, 0.4) is 0 Å². The maximum atomic E-state index is 11.2. The van der Waals surface area contributed by atoms with Gasteiger partial charge < -0.3 is 20.1 Å². The lowest BCUT2D eigenvalue weighted by atomic mass is 10.3. The van der Waals surface area contributed by atoms with Crippen LogP contribution in [0.25, 0.3) is 0 Å². The Bertz CT molecular complexity index is 220. The molecule has 0 bridgehead atoms. The number of aliphatic hydroxyl groups excluding tert-OH is 1. The van der Waals surface area contributed by atoms with Crippen LogP contribution in [0.2, 0.25) is 0 Å². The number of hydrogen-bond donors (Lipinski definition) is 2. The molecule has 0 rings (SSSR count). The van der Waals surface area contributed by atoms with Crippen molar-refractivity contribution in [2.24, 2.45) is 0 Å². The van der Waals surface area contributed by atoms with Crippen molar-refractivity contribution in [1.29, 1.82) is 0 Å². The Morgan fingerprint density at radius 1 is 1.53 bits per heavy atom. The van der Waals surface area contributed by atoms with E-state index in [1.165, 1.54) is 26.0 Å². The van der Waals surface area contributed by atoms with Crippen LogP contribution in [0.5, 0.6) is 0 Å². The molecule has 6 nitrogen and oxygen atoms in total. The zero-order valence-electron chi connectivity index (χ0n) is 9.32. The Kier molecular flexibility index (Phi) is 6.64. The number of rotatable bonds is 6. The summed E-state index contributed by atoms with van der Waals surface area (Å²) in [4.78, 5) is 23.3. The van der Waals surface area contributed by atoms with Crippen molar-refractivity contribution in [3.8, 4) is 0 Å². The van der Waals surface area contributed by atoms with Crippen molar-refractivity contribution in [2.75, 3.05) is 33.9 Å². The quantitative estimate of drug-likeness (QED) is 0.574. The number of hydrogen-bond acceptors (Lipinski definition) is 4. The Morgan fingerprint density at radius 3 is 2.60 bits per heavy atom. The van der Waals surface area contributed by atoms with Gasteiger partial charge in [-0.15, -0.1) is 0 Å². The van der Waals surface area contributed by atoms with E-state index in [9.17, 15) is 14.7 Å². The zero-order chi connectivity index (χ0) is 11.8. The summed E-state index contributed by atoms with van der Waals surface area (Å²) in [6.45, 7) is 1.67. The Labute approximate surface area is 89.2 Å². The van der Waals surface area contributed by atoms with Crippen molar-refractivity contribution in [3.05, 3.63) is 0 Å². The molecule has 6 heteroatoms. The average Bonchev–Trinajstić information content (AvgIpc) is 2.15. The lowest BCUT2D eigenvalue weighted by Crippen LogP contribution is -2.41. The summed E-state index contributed by atoms with van der Waals surface area (Å²) in [7, 11) is 3.00. The summed E-state index contributed by atoms with van der Waals surface area (Å²) in [6.07, 6.45) is -0.721. The van der Waals surface area contributed by atoms with Gasteiger partial charge in [0.25, 0.3) is 0 Å². The van der Waals surface area contributed by atoms with Gasteiger partial charge in [-0.2, -0.15) is 0 Å². The molecule has 0 radical (unpaired) electrons. The lowest BCUT2D eigenvalue weighted by Gasteiger charge is -2.15. The van der Waals surface area contributed by atoms with E-state index in [2.05, 4.69) is 10.1 Å². The van der Waals surface area contributed by atoms with Crippen molar-refractivity contribution in [1.82, 2.24) is 10.2 Å². The second-order valence-electron chi connectivity index (χ2n) is 3.29. The van der Waals surface area contributed by atoms with Gasteiger partial charge in [-0.3, -0.25) is 9.59 Å². The number of ether oxygens (including phenoxy) is 1. The highest BCUT2D eigenvalue weighted by Crippen LogP contribution is 1.85. The number of carbonyl (C=O) groups is 2. The third-order valence-corrected chi connectivity index (χ3v) is 1.81. The summed E-state index contributed by atoms with van der Waals surface area (Å²) in [5.74, 6) is -0.481. The number of nitrogens with zero attached hydrogens (tertiary/aromatic N) is 1. The molecule has 0 heterocycles. The van der Waals surface area contributed by atoms with Gasteiger partial charge in [0.05, 0.1) is 19.3 Å². The molecule has 0 aromatic heterocycles. The van der Waals surface area contributed by atoms with E-state index in [-0.39, 0.29) is 31.5 Å². The molecule has 0 aliphatic heterocycles. The lowest BCUT2D eigenvalue weighted by molar-refractivity contribution is -0.133. The molecular weight excluding hydrogens is 200 g/mol. The molecular formula is C9H18N2O4. The molecule has 0 aliphatic carbocycles. The van der Waals surface area contributed by atoms with Crippen LogP contribution in [0, 0.1) is 0 Å². The minimum atomic E-state index is -0.721. The van der Waals surface area contributed by atoms with Gasteiger partial charge in [0.15, 0.2) is 0 Å². The second kappa shape index (κ2) is 7.19. The predicted octanol–water partition coefficient (Wildman–Crippen LogP) is -1.41. The molecule has 0 saturated heterocycles. The maximum Gasteiger partial charge on any atom is 0.239 e. The highest BCUT2D eigenvalue weighted by atomic mass is 16.5. The summed E-state index contributed by atoms with van der Waals surface area (Å²) in [6, 6.07) is 0. The van der Waals surface area contributed by atoms with E-state index in [1.54, 1.807) is 0 Å². The summed E-state index contributed by atoms with van der Waals surface area (Å²) < 4.78 is 4.69. The van der Waals surface area contributed by atoms with E-state index < -0.39 is 6.10 Å². The molecule has 88 valence electrons. The first-order valence-electron chi connectivity index (χ1n) is 4.62. The Balaban J connectivity index is 3.70. The average molecular weight is 218 g/mol. The van der Waals surface area contributed by atoms with Crippen molar-refractivity contribution in [2.45, 2.75) is 13.0 Å². The monoisotopic (exact) mass is 218 g/mol. The third-order valence-electron chi connectivity index (χ3n) is 1.81. The fraction of sp³-hybridized carbons (Fsp3) is 0.778. The van der Waals surface area contributed by atoms with Crippen molar-refractivity contribution < 1.29 is 19.4 Å². The van der Waals surface area contributed by atoms with E-state index >= 15 is 0 Å². The summed E-state index contributed by atoms with van der Waals surface area (Å²) in [5, 5.41) is 11.7. The predicted molar refractivity (Wildman–Crippen MR) is 54.2 cm³/mol. The van der Waals surface area contributed by atoms with E-state index in [0.717, 1.165) is 0 Å². The largest absolute Gasteiger partial charge is 0.389 e. The molecule has 0 aromatic rings. The van der Waals surface area contributed by atoms with Gasteiger partial charge in [-0.05, 0) is 0 Å². The molecule has 2 amide bonds. The van der Waals surface area contributed by atoms with E-state index in [1.807, 2.05) is 0 Å². The maximum absolute atomic E-state index is 11.2. The number of aliphatic hydroxyl groups is 1. The number of amides is 2. The molecule has 1 unspecified atom stereocenters. The highest BCUT2D eigenvalue weighted by Gasteiger charge is 2.10. The van der Waals surface area contributed by atoms with Gasteiger partial charge in [0.1, 0.15) is 0 Å². The second-order valence-corrected chi connectivity index (χ2v) is 3.29. The standard InChI is InChI=1S/C9H18N2O4/c1-7(12)11(2)5-9(14)10-4-8(13)6-15-3/h8,13H,4-6H2,1-3H3,(H,10,14). The topological polar surface area (TPSA) is 78.9 Å². The molecule has 0 spiro atoms. The minimum absolute atomic E-state index is 0.00493. The van der Waals surface area contributed by atoms with Crippen LogP contribution in [0.15, 0.2) is 0 Å². The first-order valence-corrected chi connectivity index (χ1v) is 4.62. The zero-order valence-corrected chi connectivity index (χ0v) is 9.32. The molecule has 1 atom stereocenters. The van der Waals surface area contributed by atoms with Gasteiger partial charge in [0, 0.05) is 27.6 Å². The fourth-order valence-corrected chi connectivity index (χ4v) is 0.866. The minimum Gasteiger partial charge on any atom is -0.389 e. The fourth-order valence-electron chi connectivity index (χ4n) is 0.866. The molecule has 0 aliphatic rings. The van der Waals surface area contributed by atoms with Crippen molar-refractivity contribution >= 4 is 11.8 Å². The molecule has 15 heavy (non-hydrogen) atoms. The highest BCUT2D eigenvalue weighted by molar-refractivity contribution is 5.83. The van der Waals surface area contributed by atoms with E-state index in [0.29, 0.717) is 0 Å². The van der Waals surface area contributed by atoms with Crippen LogP contribution >= 0.6 is 0 Å². The van der Waals surface area contributed by atoms with Gasteiger partial charge in [-0.25, -0.2) is 0 Å². The van der Waals surface area contributed by atoms with Crippen LogP contribution in [0.4, 0.5) is 0 Å². The Hall–Kier alpha value is -1.14. The first-order chi connectivity index (χ1) is 6.97. The van der Waals surface area contributed by atoms with Crippen molar-refractivity contribution in [3.63, 3.8) is 0 Å². The van der Waals surface area contributed by atoms with E-state index in [4.69, 9.17) is 0 Å². The summed E-state index contributed by atoms with van der Waals surface area (Å²) in [5.41, 5.74) is 0. The number of carbonyl (C=O) groups excluding carboxylic acids is 2. The molecule has 0 saturated carbocycles. The number of nitrogens with one attached hydrogen (secondary N) is 1. The van der Waals surface area contributed by atoms with Crippen LogP contribution in [0.1, 0.15) is 6.92 Å². The van der Waals surface area contributed by atoms with Crippen LogP contribution < -0.4 is 5.32 Å². The Morgan fingerprint density at radius 2 is 2.13 bits per heavy atom. The van der Waals surface area contributed by atoms with Gasteiger partial charge in [-0.1, -0.05) is 0 Å².